The molecule has 5 nitrogen and oxygen atoms in total. The Kier molecular flexibility index (Phi) is 2.91. The summed E-state index contributed by atoms with van der Waals surface area (Å²) >= 11 is 0. The van der Waals surface area contributed by atoms with Crippen LogP contribution in [0, 0.1) is 0 Å². The fourth-order valence-corrected chi connectivity index (χ4v) is 3.21. The maximum atomic E-state index is 5.02. The maximum Gasteiger partial charge on any atom is 0.353 e. The lowest BCUT2D eigenvalue weighted by Crippen LogP contribution is -2.37. The molecule has 4 aromatic rings. The van der Waals surface area contributed by atoms with Gasteiger partial charge in [0.05, 0.1) is 21.8 Å². The van der Waals surface area contributed by atoms with Gasteiger partial charge in [0, 0.05) is 21.1 Å². The Labute approximate surface area is 134 Å². The third kappa shape index (κ3) is 1.86. The van der Waals surface area contributed by atoms with Gasteiger partial charge in [-0.3, -0.25) is 4.68 Å². The van der Waals surface area contributed by atoms with Crippen molar-refractivity contribution in [3.8, 4) is 0 Å². The first-order valence-corrected chi connectivity index (χ1v) is 7.69. The van der Waals surface area contributed by atoms with Crippen molar-refractivity contribution in [2.24, 2.45) is 33.2 Å². The standard InChI is InChI=1S/C18H20N5/c1-20-15-11-7-5-9-13(15)17(22(20)3)19-18-14-10-6-8-12-16(14)21(2)23(18)4/h5-12H,1-4H3/q+1. The van der Waals surface area contributed by atoms with Gasteiger partial charge >= 0.3 is 5.82 Å². The summed E-state index contributed by atoms with van der Waals surface area (Å²) in [7, 11) is 8.21. The van der Waals surface area contributed by atoms with Gasteiger partial charge in [-0.1, -0.05) is 24.3 Å². The molecule has 0 spiro atoms. The lowest BCUT2D eigenvalue weighted by Gasteiger charge is -1.98. The van der Waals surface area contributed by atoms with Gasteiger partial charge in [-0.05, 0) is 29.3 Å². The molecule has 0 radical (unpaired) electrons. The van der Waals surface area contributed by atoms with E-state index < -0.39 is 0 Å². The third-order valence-corrected chi connectivity index (χ3v) is 4.71. The molecule has 116 valence electrons. The van der Waals surface area contributed by atoms with Crippen molar-refractivity contribution in [3.63, 3.8) is 0 Å². The number of hydrogen-bond donors (Lipinski definition) is 0. The Bertz CT molecular complexity index is 1110. The Balaban J connectivity index is 2.15. The van der Waals surface area contributed by atoms with Crippen LogP contribution < -0.4 is 10.2 Å². The highest BCUT2D eigenvalue weighted by Gasteiger charge is 2.20. The molecule has 0 fully saturated rings. The zero-order chi connectivity index (χ0) is 16.1. The fraction of sp³-hybridized carbons (Fsp3) is 0.222. The van der Waals surface area contributed by atoms with E-state index in [0.717, 1.165) is 22.1 Å². The molecule has 4 rings (SSSR count). The van der Waals surface area contributed by atoms with Gasteiger partial charge in [0.1, 0.15) is 7.05 Å². The van der Waals surface area contributed by atoms with E-state index in [0.29, 0.717) is 0 Å². The van der Waals surface area contributed by atoms with E-state index in [4.69, 9.17) is 4.99 Å². The monoisotopic (exact) mass is 306 g/mol. The zero-order valence-electron chi connectivity index (χ0n) is 13.9. The predicted molar refractivity (Wildman–Crippen MR) is 91.2 cm³/mol. The summed E-state index contributed by atoms with van der Waals surface area (Å²) in [6.07, 6.45) is 0. The van der Waals surface area contributed by atoms with E-state index in [1.165, 1.54) is 11.0 Å². The van der Waals surface area contributed by atoms with Crippen molar-refractivity contribution in [3.05, 3.63) is 54.0 Å². The Hall–Kier alpha value is -2.82. The number of hydrogen-bond acceptors (Lipinski definition) is 1. The van der Waals surface area contributed by atoms with Gasteiger partial charge in [-0.2, -0.15) is 4.68 Å². The van der Waals surface area contributed by atoms with Crippen molar-refractivity contribution in [2.75, 3.05) is 0 Å². The van der Waals surface area contributed by atoms with Gasteiger partial charge in [0.2, 0.25) is 0 Å². The number of rotatable bonds is 1. The van der Waals surface area contributed by atoms with Crippen LogP contribution in [0.15, 0.2) is 53.5 Å². The molecule has 2 aromatic heterocycles. The van der Waals surface area contributed by atoms with Gasteiger partial charge in [-0.25, -0.2) is 9.36 Å². The predicted octanol–water partition coefficient (Wildman–Crippen LogP) is 2.07. The summed E-state index contributed by atoms with van der Waals surface area (Å²) < 4.78 is 8.43. The van der Waals surface area contributed by atoms with E-state index in [2.05, 4.69) is 81.4 Å². The lowest BCUT2D eigenvalue weighted by molar-refractivity contribution is -0.737. The second-order valence-electron chi connectivity index (χ2n) is 5.89. The molecule has 0 amide bonds. The van der Waals surface area contributed by atoms with Crippen molar-refractivity contribution in [2.45, 2.75) is 0 Å². The number of aromatic nitrogens is 4. The molecular formula is C18H20N5+. The minimum atomic E-state index is 0.968. The van der Waals surface area contributed by atoms with E-state index in [1.54, 1.807) is 0 Å². The fourth-order valence-electron chi connectivity index (χ4n) is 3.21. The highest BCUT2D eigenvalue weighted by molar-refractivity contribution is 5.87. The maximum absolute atomic E-state index is 5.02. The largest absolute Gasteiger partial charge is 0.353 e. The molecule has 0 aliphatic carbocycles. The summed E-state index contributed by atoms with van der Waals surface area (Å²) in [5.41, 5.74) is 3.32. The second-order valence-corrected chi connectivity index (χ2v) is 5.89. The van der Waals surface area contributed by atoms with Crippen LogP contribution in [0.1, 0.15) is 0 Å². The van der Waals surface area contributed by atoms with Crippen LogP contribution in [0.4, 0.5) is 5.82 Å². The van der Waals surface area contributed by atoms with Crippen LogP contribution >= 0.6 is 0 Å². The second kappa shape index (κ2) is 4.84. The highest BCUT2D eigenvalue weighted by atomic mass is 15.4. The first-order chi connectivity index (χ1) is 11.1. The van der Waals surface area contributed by atoms with E-state index in [9.17, 15) is 0 Å². The van der Waals surface area contributed by atoms with Crippen molar-refractivity contribution in [1.82, 2.24) is 14.0 Å². The first kappa shape index (κ1) is 13.8. The van der Waals surface area contributed by atoms with Crippen LogP contribution in [0.5, 0.6) is 0 Å². The molecule has 0 unspecified atom stereocenters. The van der Waals surface area contributed by atoms with E-state index in [-0.39, 0.29) is 0 Å². The molecule has 0 saturated heterocycles. The highest BCUT2D eigenvalue weighted by Crippen LogP contribution is 2.22. The molecule has 0 N–H and O–H groups in total. The third-order valence-electron chi connectivity index (χ3n) is 4.71. The molecular weight excluding hydrogens is 286 g/mol. The van der Waals surface area contributed by atoms with Crippen LogP contribution in [0.2, 0.25) is 0 Å². The van der Waals surface area contributed by atoms with Gasteiger partial charge in [0.15, 0.2) is 0 Å². The zero-order valence-corrected chi connectivity index (χ0v) is 13.9. The topological polar surface area (TPSA) is 31.0 Å². The number of fused-ring (bicyclic) bond motifs is 2. The van der Waals surface area contributed by atoms with Crippen LogP contribution in [-0.4, -0.2) is 14.0 Å². The van der Waals surface area contributed by atoms with E-state index in [1.807, 2.05) is 14.1 Å². The molecule has 0 atom stereocenters. The molecule has 2 aromatic carbocycles. The number of aryl methyl sites for hydroxylation is 2. The lowest BCUT2D eigenvalue weighted by atomic mass is 10.2. The SMILES string of the molecule is Cn1c(=Nc2c3ccccc3n(C)[n+]2C)c2ccccc2n1C. The quantitative estimate of drug-likeness (QED) is 0.482. The van der Waals surface area contributed by atoms with Crippen molar-refractivity contribution in [1.29, 1.82) is 0 Å². The average molecular weight is 306 g/mol. The summed E-state index contributed by atoms with van der Waals surface area (Å²) in [4.78, 5) is 5.02. The molecule has 5 heteroatoms. The molecule has 0 bridgehead atoms. The van der Waals surface area contributed by atoms with Crippen molar-refractivity contribution >= 4 is 27.6 Å². The van der Waals surface area contributed by atoms with Crippen molar-refractivity contribution < 1.29 is 4.68 Å². The summed E-state index contributed by atoms with van der Waals surface area (Å²) in [6, 6.07) is 16.7. The normalized spacial score (nSPS) is 12.6. The van der Waals surface area contributed by atoms with Crippen LogP contribution in [0.25, 0.3) is 21.8 Å². The number of benzene rings is 2. The Morgan fingerprint density at radius 2 is 1.39 bits per heavy atom. The molecule has 23 heavy (non-hydrogen) atoms. The molecule has 0 saturated carbocycles. The number of para-hydroxylation sites is 2. The smallest absolute Gasteiger partial charge is 0.285 e. The summed E-state index contributed by atoms with van der Waals surface area (Å²) in [6.45, 7) is 0. The first-order valence-electron chi connectivity index (χ1n) is 7.69. The van der Waals surface area contributed by atoms with Gasteiger partial charge < -0.3 is 0 Å². The minimum absolute atomic E-state index is 0.968. The Morgan fingerprint density at radius 3 is 2.13 bits per heavy atom. The molecule has 0 aliphatic rings. The summed E-state index contributed by atoms with van der Waals surface area (Å²) in [5, 5.41) is 2.32. The van der Waals surface area contributed by atoms with Gasteiger partial charge in [0.25, 0.3) is 5.49 Å². The minimum Gasteiger partial charge on any atom is -0.285 e. The average Bonchev–Trinajstić information content (AvgIpc) is 2.97. The number of nitrogens with zero attached hydrogens (tertiary/aromatic N) is 5. The van der Waals surface area contributed by atoms with Gasteiger partial charge in [-0.15, -0.1) is 0 Å². The van der Waals surface area contributed by atoms with E-state index >= 15 is 0 Å². The molecule has 0 aliphatic heterocycles. The molecule has 2 heterocycles. The summed E-state index contributed by atoms with van der Waals surface area (Å²) in [5.74, 6) is 0.968. The van der Waals surface area contributed by atoms with Crippen LogP contribution in [-0.2, 0) is 28.2 Å². The Morgan fingerprint density at radius 1 is 0.783 bits per heavy atom. The van der Waals surface area contributed by atoms with Crippen LogP contribution in [0.3, 0.4) is 0 Å².